The first-order valence-corrected chi connectivity index (χ1v) is 5.55. The van der Waals surface area contributed by atoms with E-state index in [4.69, 9.17) is 4.74 Å². The molecule has 2 atom stereocenters. The summed E-state index contributed by atoms with van der Waals surface area (Å²) in [7, 11) is 0. The summed E-state index contributed by atoms with van der Waals surface area (Å²) in [4.78, 5) is 19.3. The summed E-state index contributed by atoms with van der Waals surface area (Å²) in [6.07, 6.45) is 2.48. The van der Waals surface area contributed by atoms with Gasteiger partial charge in [0.15, 0.2) is 5.54 Å². The molecule has 5 nitrogen and oxygen atoms in total. The zero-order valence-electron chi connectivity index (χ0n) is 9.83. The van der Waals surface area contributed by atoms with Gasteiger partial charge in [-0.1, -0.05) is 0 Å². The number of carbonyl (C=O) groups excluding carboxylic acids is 1. The molecule has 0 radical (unpaired) electrons. The summed E-state index contributed by atoms with van der Waals surface area (Å²) in [6.45, 7) is 6.05. The minimum Gasteiger partial charge on any atom is -0.464 e. The van der Waals surface area contributed by atoms with Crippen molar-refractivity contribution in [2.45, 2.75) is 38.8 Å². The van der Waals surface area contributed by atoms with Gasteiger partial charge in [0.25, 0.3) is 0 Å². The van der Waals surface area contributed by atoms with Crippen LogP contribution in [0.5, 0.6) is 0 Å². The number of fused-ring (bicyclic) bond motifs is 1. The van der Waals surface area contributed by atoms with E-state index in [0.29, 0.717) is 6.61 Å². The molecule has 88 valence electrons. The number of imidazole rings is 1. The molecular weight excluding hydrogens is 206 g/mol. The van der Waals surface area contributed by atoms with Gasteiger partial charge in [-0.25, -0.2) is 9.78 Å². The Labute approximate surface area is 94.6 Å². The number of carbonyl (C=O) groups is 1. The van der Waals surface area contributed by atoms with Gasteiger partial charge in [-0.05, 0) is 20.8 Å². The highest BCUT2D eigenvalue weighted by Crippen LogP contribution is 2.29. The number of ether oxygens (including phenoxy) is 1. The van der Waals surface area contributed by atoms with Gasteiger partial charge < -0.3 is 9.72 Å². The van der Waals surface area contributed by atoms with Gasteiger partial charge in [0.05, 0.1) is 18.6 Å². The molecule has 0 saturated heterocycles. The van der Waals surface area contributed by atoms with Crippen LogP contribution in [0.25, 0.3) is 0 Å². The van der Waals surface area contributed by atoms with Crippen LogP contribution in [-0.4, -0.2) is 28.6 Å². The third kappa shape index (κ3) is 1.61. The van der Waals surface area contributed by atoms with Gasteiger partial charge in [-0.15, -0.1) is 0 Å². The minimum atomic E-state index is -0.830. The summed E-state index contributed by atoms with van der Waals surface area (Å²) >= 11 is 0. The Morgan fingerprint density at radius 2 is 2.50 bits per heavy atom. The summed E-state index contributed by atoms with van der Waals surface area (Å²) < 4.78 is 5.10. The Hall–Kier alpha value is -1.36. The molecule has 0 aliphatic carbocycles. The Morgan fingerprint density at radius 3 is 3.19 bits per heavy atom. The highest BCUT2D eigenvalue weighted by atomic mass is 16.5. The molecule has 2 rings (SSSR count). The fraction of sp³-hybridized carbons (Fsp3) is 0.636. The van der Waals surface area contributed by atoms with E-state index < -0.39 is 5.54 Å². The van der Waals surface area contributed by atoms with E-state index in [1.165, 1.54) is 0 Å². The molecule has 0 fully saturated rings. The molecule has 2 N–H and O–H groups in total. The highest BCUT2D eigenvalue weighted by Gasteiger charge is 2.44. The molecule has 16 heavy (non-hydrogen) atoms. The average molecular weight is 223 g/mol. The summed E-state index contributed by atoms with van der Waals surface area (Å²) in [6, 6.07) is 0.224. The Kier molecular flexibility index (Phi) is 2.71. The minimum absolute atomic E-state index is 0.224. The van der Waals surface area contributed by atoms with Gasteiger partial charge in [0, 0.05) is 18.2 Å². The van der Waals surface area contributed by atoms with Crippen LogP contribution in [-0.2, 0) is 21.5 Å². The van der Waals surface area contributed by atoms with Crippen LogP contribution in [0.15, 0.2) is 6.33 Å². The Bertz CT molecular complexity index is 402. The second-order valence-electron chi connectivity index (χ2n) is 4.32. The average Bonchev–Trinajstić information content (AvgIpc) is 2.66. The van der Waals surface area contributed by atoms with Crippen LogP contribution in [0, 0.1) is 0 Å². The van der Waals surface area contributed by atoms with Crippen molar-refractivity contribution in [3.8, 4) is 0 Å². The SMILES string of the molecule is CCOC(=O)[C@@]1(C)N[C@H](C)Cc2[nH]cnc21. The first-order valence-electron chi connectivity index (χ1n) is 5.55. The van der Waals surface area contributed by atoms with Crippen molar-refractivity contribution in [3.63, 3.8) is 0 Å². The number of esters is 1. The van der Waals surface area contributed by atoms with Gasteiger partial charge in [0.2, 0.25) is 0 Å². The maximum absolute atomic E-state index is 12.0. The maximum Gasteiger partial charge on any atom is 0.332 e. The predicted molar refractivity (Wildman–Crippen MR) is 58.9 cm³/mol. The van der Waals surface area contributed by atoms with Crippen molar-refractivity contribution >= 4 is 5.97 Å². The van der Waals surface area contributed by atoms with E-state index in [-0.39, 0.29) is 12.0 Å². The normalized spacial score (nSPS) is 28.6. The number of hydrogen-bond acceptors (Lipinski definition) is 4. The molecule has 1 aliphatic heterocycles. The lowest BCUT2D eigenvalue weighted by Crippen LogP contribution is -2.55. The van der Waals surface area contributed by atoms with Crippen LogP contribution in [0.1, 0.15) is 32.2 Å². The summed E-state index contributed by atoms with van der Waals surface area (Å²) in [5, 5.41) is 3.26. The van der Waals surface area contributed by atoms with Crippen molar-refractivity contribution in [2.24, 2.45) is 0 Å². The third-order valence-electron chi connectivity index (χ3n) is 2.92. The predicted octanol–water partition coefficient (Wildman–Crippen LogP) is 0.722. The first-order chi connectivity index (χ1) is 7.58. The lowest BCUT2D eigenvalue weighted by Gasteiger charge is -2.35. The topological polar surface area (TPSA) is 67.0 Å². The van der Waals surface area contributed by atoms with Crippen molar-refractivity contribution < 1.29 is 9.53 Å². The third-order valence-corrected chi connectivity index (χ3v) is 2.92. The van der Waals surface area contributed by atoms with Gasteiger partial charge >= 0.3 is 5.97 Å². The maximum atomic E-state index is 12.0. The van der Waals surface area contributed by atoms with Crippen molar-refractivity contribution in [3.05, 3.63) is 17.7 Å². The van der Waals surface area contributed by atoms with E-state index in [1.807, 2.05) is 13.8 Å². The molecule has 0 aromatic carbocycles. The van der Waals surface area contributed by atoms with Gasteiger partial charge in [0.1, 0.15) is 0 Å². The van der Waals surface area contributed by atoms with Crippen LogP contribution < -0.4 is 5.32 Å². The second kappa shape index (κ2) is 3.90. The fourth-order valence-corrected chi connectivity index (χ4v) is 2.26. The first kappa shape index (κ1) is 11.1. The quantitative estimate of drug-likeness (QED) is 0.725. The molecule has 1 aromatic heterocycles. The Morgan fingerprint density at radius 1 is 1.75 bits per heavy atom. The monoisotopic (exact) mass is 223 g/mol. The van der Waals surface area contributed by atoms with Crippen LogP contribution >= 0.6 is 0 Å². The number of aromatic amines is 1. The van der Waals surface area contributed by atoms with Crippen LogP contribution in [0.3, 0.4) is 0 Å². The van der Waals surface area contributed by atoms with Crippen molar-refractivity contribution in [1.82, 2.24) is 15.3 Å². The number of H-pyrrole nitrogens is 1. The van der Waals surface area contributed by atoms with E-state index >= 15 is 0 Å². The fourth-order valence-electron chi connectivity index (χ4n) is 2.26. The molecule has 0 spiro atoms. The molecule has 1 aromatic rings. The van der Waals surface area contributed by atoms with E-state index in [1.54, 1.807) is 13.3 Å². The van der Waals surface area contributed by atoms with E-state index in [0.717, 1.165) is 17.8 Å². The number of nitrogens with one attached hydrogen (secondary N) is 2. The lowest BCUT2D eigenvalue weighted by molar-refractivity contribution is -0.151. The summed E-state index contributed by atoms with van der Waals surface area (Å²) in [5.41, 5.74) is 0.939. The molecular formula is C11H17N3O2. The molecule has 0 bridgehead atoms. The van der Waals surface area contributed by atoms with E-state index in [9.17, 15) is 4.79 Å². The lowest BCUT2D eigenvalue weighted by atomic mass is 9.88. The number of rotatable bonds is 2. The van der Waals surface area contributed by atoms with Crippen molar-refractivity contribution in [1.29, 1.82) is 0 Å². The second-order valence-corrected chi connectivity index (χ2v) is 4.32. The number of hydrogen-bond donors (Lipinski definition) is 2. The standard InChI is InChI=1S/C11H17N3O2/c1-4-16-10(15)11(3)9-8(12-6-13-9)5-7(2)14-11/h6-7,14H,4-5H2,1-3H3,(H,12,13)/t7-,11+/m1/s1. The molecule has 2 heterocycles. The number of aromatic nitrogens is 2. The molecule has 0 unspecified atom stereocenters. The molecule has 5 heteroatoms. The highest BCUT2D eigenvalue weighted by molar-refractivity contribution is 5.82. The zero-order valence-corrected chi connectivity index (χ0v) is 9.83. The van der Waals surface area contributed by atoms with Crippen molar-refractivity contribution in [2.75, 3.05) is 6.61 Å². The van der Waals surface area contributed by atoms with Gasteiger partial charge in [-0.3, -0.25) is 5.32 Å². The summed E-state index contributed by atoms with van der Waals surface area (Å²) in [5.74, 6) is -0.269. The zero-order chi connectivity index (χ0) is 11.8. The number of nitrogens with zero attached hydrogens (tertiary/aromatic N) is 1. The van der Waals surface area contributed by atoms with Gasteiger partial charge in [-0.2, -0.15) is 0 Å². The molecule has 0 amide bonds. The van der Waals surface area contributed by atoms with E-state index in [2.05, 4.69) is 15.3 Å². The van der Waals surface area contributed by atoms with Crippen LogP contribution in [0.4, 0.5) is 0 Å². The Balaban J connectivity index is 2.38. The molecule has 0 saturated carbocycles. The van der Waals surface area contributed by atoms with Crippen LogP contribution in [0.2, 0.25) is 0 Å². The largest absolute Gasteiger partial charge is 0.464 e. The smallest absolute Gasteiger partial charge is 0.332 e. The molecule has 1 aliphatic rings.